The quantitative estimate of drug-likeness (QED) is 0.269. The van der Waals surface area contributed by atoms with Gasteiger partial charge in [0.05, 0.1) is 5.69 Å². The van der Waals surface area contributed by atoms with E-state index in [1.165, 1.54) is 35.6 Å². The molecule has 0 atom stereocenters. The van der Waals surface area contributed by atoms with Crippen LogP contribution < -0.4 is 15.2 Å². The number of carbonyl (C=O) groups excluding carboxylic acids is 2. The van der Waals surface area contributed by atoms with E-state index < -0.39 is 11.8 Å². The number of benzene rings is 1. The molecule has 0 radical (unpaired) electrons. The monoisotopic (exact) mass is 407 g/mol. The van der Waals surface area contributed by atoms with Gasteiger partial charge in [-0.25, -0.2) is 5.01 Å². The molecule has 0 saturated carbocycles. The predicted molar refractivity (Wildman–Crippen MR) is 88.2 cm³/mol. The number of halogens is 1. The summed E-state index contributed by atoms with van der Waals surface area (Å²) < 4.78 is 1.67. The van der Waals surface area contributed by atoms with E-state index >= 15 is 0 Å². The predicted octanol–water partition coefficient (Wildman–Crippen LogP) is 1.39. The zero-order chi connectivity index (χ0) is 15.7. The minimum Gasteiger partial charge on any atom is -0.619 e. The number of hydrogen-bond acceptors (Lipinski definition) is 3. The molecule has 1 aromatic heterocycles. The van der Waals surface area contributed by atoms with Gasteiger partial charge < -0.3 is 5.21 Å². The number of nitrogens with zero attached hydrogens (tertiary/aromatic N) is 2. The molecule has 0 unspecified atom stereocenters. The van der Waals surface area contributed by atoms with Crippen molar-refractivity contribution in [1.82, 2.24) is 5.43 Å². The Hall–Kier alpha value is -2.42. The second-order valence-corrected chi connectivity index (χ2v) is 5.85. The lowest BCUT2D eigenvalue weighted by molar-refractivity contribution is -0.605. The Morgan fingerprint density at radius 2 is 1.73 bits per heavy atom. The van der Waals surface area contributed by atoms with Crippen molar-refractivity contribution in [3.63, 3.8) is 0 Å². The topological polar surface area (TPSA) is 76.4 Å². The summed E-state index contributed by atoms with van der Waals surface area (Å²) in [4.78, 5) is 24.4. The van der Waals surface area contributed by atoms with Crippen LogP contribution in [0.1, 0.15) is 5.56 Å². The molecule has 1 saturated heterocycles. The summed E-state index contributed by atoms with van der Waals surface area (Å²) >= 11 is 2.16. The lowest BCUT2D eigenvalue weighted by Crippen LogP contribution is -2.35. The van der Waals surface area contributed by atoms with Crippen LogP contribution in [0.25, 0.3) is 6.08 Å². The lowest BCUT2D eigenvalue weighted by Gasteiger charge is -2.14. The summed E-state index contributed by atoms with van der Waals surface area (Å²) in [5.74, 6) is -0.896. The van der Waals surface area contributed by atoms with Gasteiger partial charge in [0.25, 0.3) is 11.8 Å². The van der Waals surface area contributed by atoms with Gasteiger partial charge in [-0.05, 0) is 58.5 Å². The zero-order valence-corrected chi connectivity index (χ0v) is 13.4. The third-order valence-corrected chi connectivity index (χ3v) is 3.83. The Morgan fingerprint density at radius 1 is 1.09 bits per heavy atom. The molecule has 2 amide bonds. The number of aromatic nitrogens is 1. The van der Waals surface area contributed by atoms with Crippen LogP contribution in [0.4, 0.5) is 5.69 Å². The molecule has 1 aliphatic rings. The second kappa shape index (κ2) is 5.76. The number of carbonyl (C=O) groups is 2. The first kappa shape index (κ1) is 14.5. The third-order valence-electron chi connectivity index (χ3n) is 3.12. The Labute approximate surface area is 139 Å². The van der Waals surface area contributed by atoms with Crippen molar-refractivity contribution in [2.24, 2.45) is 0 Å². The maximum absolute atomic E-state index is 12.4. The van der Waals surface area contributed by atoms with Gasteiger partial charge in [0.15, 0.2) is 12.4 Å². The van der Waals surface area contributed by atoms with Crippen LogP contribution in [0.5, 0.6) is 0 Å². The second-order valence-electron chi connectivity index (χ2n) is 4.61. The minimum absolute atomic E-state index is 0.0298. The maximum Gasteiger partial charge on any atom is 0.282 e. The van der Waals surface area contributed by atoms with Crippen molar-refractivity contribution < 1.29 is 14.3 Å². The molecule has 0 bridgehead atoms. The van der Waals surface area contributed by atoms with E-state index in [4.69, 9.17) is 0 Å². The smallest absolute Gasteiger partial charge is 0.282 e. The fourth-order valence-corrected chi connectivity index (χ4v) is 2.38. The SMILES string of the molecule is O=C1NN(c2ccc(I)cc2)C(=O)C1=Cc1cc[n+]([O-])cc1. The number of hydrazine groups is 1. The summed E-state index contributed by atoms with van der Waals surface area (Å²) in [6.45, 7) is 0. The fraction of sp³-hybridized carbons (Fsp3) is 0. The number of amides is 2. The highest BCUT2D eigenvalue weighted by Crippen LogP contribution is 2.22. The van der Waals surface area contributed by atoms with Crippen LogP contribution in [0, 0.1) is 8.78 Å². The van der Waals surface area contributed by atoms with Gasteiger partial charge in [-0.1, -0.05) is 0 Å². The Morgan fingerprint density at radius 3 is 2.36 bits per heavy atom. The van der Waals surface area contributed by atoms with E-state index in [0.717, 1.165) is 3.57 Å². The van der Waals surface area contributed by atoms with Crippen molar-refractivity contribution in [2.75, 3.05) is 5.01 Å². The van der Waals surface area contributed by atoms with Crippen molar-refractivity contribution >= 4 is 46.2 Å². The molecule has 6 nitrogen and oxygen atoms in total. The first-order valence-corrected chi connectivity index (χ1v) is 7.44. The molecule has 0 spiro atoms. The van der Waals surface area contributed by atoms with Crippen LogP contribution >= 0.6 is 22.6 Å². The molecule has 7 heteroatoms. The summed E-state index contributed by atoms with van der Waals surface area (Å²) in [6, 6.07) is 10.3. The number of rotatable bonds is 2. The van der Waals surface area contributed by atoms with Crippen molar-refractivity contribution in [3.05, 3.63) is 68.7 Å². The number of anilines is 1. The van der Waals surface area contributed by atoms with E-state index in [2.05, 4.69) is 28.0 Å². The number of nitrogens with one attached hydrogen (secondary N) is 1. The normalized spacial score (nSPS) is 16.2. The summed E-state index contributed by atoms with van der Waals surface area (Å²) in [5, 5.41) is 12.2. The number of pyridine rings is 1. The molecule has 1 aliphatic heterocycles. The van der Waals surface area contributed by atoms with E-state index in [-0.39, 0.29) is 5.57 Å². The van der Waals surface area contributed by atoms with Crippen LogP contribution in [0.3, 0.4) is 0 Å². The molecule has 110 valence electrons. The lowest BCUT2D eigenvalue weighted by atomic mass is 10.1. The molecule has 3 rings (SSSR count). The van der Waals surface area contributed by atoms with E-state index in [0.29, 0.717) is 16.0 Å². The van der Waals surface area contributed by atoms with Gasteiger partial charge >= 0.3 is 0 Å². The average Bonchev–Trinajstić information content (AvgIpc) is 2.78. The maximum atomic E-state index is 12.4. The van der Waals surface area contributed by atoms with Crippen molar-refractivity contribution in [3.8, 4) is 0 Å². The van der Waals surface area contributed by atoms with Gasteiger partial charge in [-0.15, -0.1) is 0 Å². The standard InChI is InChI=1S/C15H10IN3O3/c16-11-1-3-12(4-2-11)19-15(21)13(14(20)17-19)9-10-5-7-18(22)8-6-10/h1-9H,(H,17,20). The third kappa shape index (κ3) is 2.80. The molecule has 22 heavy (non-hydrogen) atoms. The van der Waals surface area contributed by atoms with Gasteiger partial charge in [0.1, 0.15) is 5.57 Å². The highest BCUT2D eigenvalue weighted by Gasteiger charge is 2.34. The van der Waals surface area contributed by atoms with Gasteiger partial charge in [-0.2, -0.15) is 4.73 Å². The first-order chi connectivity index (χ1) is 10.5. The van der Waals surface area contributed by atoms with Gasteiger partial charge in [0.2, 0.25) is 0 Å². The summed E-state index contributed by atoms with van der Waals surface area (Å²) in [5.41, 5.74) is 3.76. The molecule has 1 aromatic carbocycles. The fourth-order valence-electron chi connectivity index (χ4n) is 2.02. The van der Waals surface area contributed by atoms with E-state index in [1.54, 1.807) is 12.1 Å². The van der Waals surface area contributed by atoms with Gasteiger partial charge in [-0.3, -0.25) is 15.0 Å². The van der Waals surface area contributed by atoms with E-state index in [1.807, 2.05) is 12.1 Å². The largest absolute Gasteiger partial charge is 0.619 e. The summed E-state index contributed by atoms with van der Waals surface area (Å²) in [6.07, 6.45) is 4.08. The van der Waals surface area contributed by atoms with Gasteiger partial charge in [0, 0.05) is 15.7 Å². The Bertz CT molecular complexity index is 770. The van der Waals surface area contributed by atoms with Crippen molar-refractivity contribution in [2.45, 2.75) is 0 Å². The Kier molecular flexibility index (Phi) is 3.80. The summed E-state index contributed by atoms with van der Waals surface area (Å²) in [7, 11) is 0. The molecule has 2 aromatic rings. The highest BCUT2D eigenvalue weighted by atomic mass is 127. The highest BCUT2D eigenvalue weighted by molar-refractivity contribution is 14.1. The average molecular weight is 407 g/mol. The van der Waals surface area contributed by atoms with Crippen molar-refractivity contribution in [1.29, 1.82) is 0 Å². The molecular weight excluding hydrogens is 397 g/mol. The Balaban J connectivity index is 1.91. The minimum atomic E-state index is -0.470. The molecule has 0 aliphatic carbocycles. The van der Waals surface area contributed by atoms with Crippen LogP contribution in [-0.2, 0) is 9.59 Å². The van der Waals surface area contributed by atoms with Crippen LogP contribution in [0.2, 0.25) is 0 Å². The zero-order valence-electron chi connectivity index (χ0n) is 11.2. The molecule has 1 fully saturated rings. The number of hydrogen-bond donors (Lipinski definition) is 1. The first-order valence-electron chi connectivity index (χ1n) is 6.36. The van der Waals surface area contributed by atoms with Crippen LogP contribution in [-0.4, -0.2) is 11.8 Å². The van der Waals surface area contributed by atoms with E-state index in [9.17, 15) is 14.8 Å². The molecule has 2 heterocycles. The van der Waals surface area contributed by atoms with Crippen LogP contribution in [0.15, 0.2) is 54.4 Å². The molecular formula is C15H10IN3O3. The molecule has 1 N–H and O–H groups in total.